The highest BCUT2D eigenvalue weighted by Crippen LogP contribution is 2.36. The van der Waals surface area contributed by atoms with Crippen molar-refractivity contribution in [2.75, 3.05) is 0 Å². The molecule has 2 heteroatoms. The Morgan fingerprint density at radius 1 is 0.214 bits per heavy atom. The highest BCUT2D eigenvalue weighted by molar-refractivity contribution is 5.77. The third-order valence-electron chi connectivity index (χ3n) is 7.37. The minimum Gasteiger partial charge on any atom is -0.207 e. The first-order valence-electron chi connectivity index (χ1n) is 14.1. The molecule has 0 atom stereocenters. The summed E-state index contributed by atoms with van der Waals surface area (Å²) in [6.45, 7) is 0. The first-order valence-corrected chi connectivity index (χ1v) is 14.1. The van der Waals surface area contributed by atoms with E-state index in [4.69, 9.17) is 8.83 Å². The van der Waals surface area contributed by atoms with Crippen LogP contribution in [-0.4, -0.2) is 0 Å². The molecule has 0 fully saturated rings. The molecule has 0 bridgehead atoms. The molecule has 42 heavy (non-hydrogen) atoms. The van der Waals surface area contributed by atoms with Gasteiger partial charge in [-0.05, 0) is 59.7 Å². The summed E-state index contributed by atoms with van der Waals surface area (Å²) in [4.78, 5) is 0. The number of benzene rings is 5. The van der Waals surface area contributed by atoms with E-state index in [1.807, 2.05) is 48.5 Å². The zero-order valence-corrected chi connectivity index (χ0v) is 23.0. The Morgan fingerprint density at radius 2 is 0.452 bits per heavy atom. The van der Waals surface area contributed by atoms with Crippen molar-refractivity contribution in [2.45, 2.75) is 0 Å². The molecule has 5 aromatic carbocycles. The molecule has 2 heterocycles. The summed E-state index contributed by atoms with van der Waals surface area (Å²) < 4.78 is 13.0. The molecule has 0 radical (unpaired) electrons. The Bertz CT molecular complexity index is 1670. The molecular weight excluding hydrogens is 512 g/mol. The molecule has 0 aliphatic heterocycles. The van der Waals surface area contributed by atoms with Crippen molar-refractivity contribution in [2.24, 2.45) is 0 Å². The fourth-order valence-electron chi connectivity index (χ4n) is 5.17. The summed E-state index contributed by atoms with van der Waals surface area (Å²) in [5, 5.41) is 0. The van der Waals surface area contributed by atoms with Crippen LogP contribution in [0, 0.1) is 0 Å². The smallest absolute Gasteiger partial charge is 0.207 e. The maximum Gasteiger partial charge on any atom is 0.361 e. The average Bonchev–Trinajstić information content (AvgIpc) is 3.09. The summed E-state index contributed by atoms with van der Waals surface area (Å²) in [5.74, 6) is 3.27. The fraction of sp³-hybridized carbons (Fsp3) is 0. The molecule has 2 aromatic heterocycles. The van der Waals surface area contributed by atoms with Crippen molar-refractivity contribution in [1.82, 2.24) is 0 Å². The largest absolute Gasteiger partial charge is 0.361 e. The molecule has 0 aliphatic carbocycles. The SMILES string of the molecule is c1ccc(-c2cc(-c3ccccc3)[o+]c(-c3ccc(-c4cc(-c5ccccc5)cc(-c5ccccc5)[o+]4)cc3)c2)cc1. The van der Waals surface area contributed by atoms with Gasteiger partial charge in [-0.1, -0.05) is 97.1 Å². The van der Waals surface area contributed by atoms with Crippen LogP contribution in [-0.2, 0) is 0 Å². The molecule has 0 N–H and O–H groups in total. The van der Waals surface area contributed by atoms with Gasteiger partial charge in [0.1, 0.15) is 0 Å². The van der Waals surface area contributed by atoms with Crippen molar-refractivity contribution in [3.8, 4) is 67.5 Å². The van der Waals surface area contributed by atoms with Crippen LogP contribution < -0.4 is 0 Å². The monoisotopic (exact) mass is 540 g/mol. The standard InChI is InChI=1S/C40H28O2/c1-5-13-29(14-6-1)35-25-37(31-17-9-3-10-18-31)41-39(27-35)33-21-23-34(24-22-33)40-28-36(30-15-7-2-8-16-30)26-38(42-40)32-19-11-4-12-20-32/h1-28H/q+2. The van der Waals surface area contributed by atoms with Gasteiger partial charge < -0.3 is 0 Å². The topological polar surface area (TPSA) is 22.6 Å². The lowest BCUT2D eigenvalue weighted by Gasteiger charge is -2.03. The van der Waals surface area contributed by atoms with Gasteiger partial charge in [0, 0.05) is 11.1 Å². The second-order valence-electron chi connectivity index (χ2n) is 10.2. The predicted octanol–water partition coefficient (Wildman–Crippen LogP) is 11.4. The maximum atomic E-state index is 6.49. The zero-order valence-electron chi connectivity index (χ0n) is 23.0. The predicted molar refractivity (Wildman–Crippen MR) is 172 cm³/mol. The van der Waals surface area contributed by atoms with Crippen molar-refractivity contribution >= 4 is 0 Å². The molecule has 0 amide bonds. The first kappa shape index (κ1) is 25.4. The van der Waals surface area contributed by atoms with Gasteiger partial charge >= 0.3 is 23.0 Å². The van der Waals surface area contributed by atoms with Crippen LogP contribution >= 0.6 is 0 Å². The van der Waals surface area contributed by atoms with E-state index < -0.39 is 0 Å². The van der Waals surface area contributed by atoms with Crippen LogP contribution in [0.3, 0.4) is 0 Å². The molecular formula is C40H28O2+2. The van der Waals surface area contributed by atoms with Crippen LogP contribution in [0.1, 0.15) is 0 Å². The van der Waals surface area contributed by atoms with Crippen molar-refractivity contribution in [3.63, 3.8) is 0 Å². The van der Waals surface area contributed by atoms with E-state index in [9.17, 15) is 0 Å². The highest BCUT2D eigenvalue weighted by Gasteiger charge is 2.23. The number of hydrogen-bond acceptors (Lipinski definition) is 0. The third kappa shape index (κ3) is 5.39. The van der Waals surface area contributed by atoms with Gasteiger partial charge in [-0.3, -0.25) is 0 Å². The van der Waals surface area contributed by atoms with Gasteiger partial charge in [-0.25, -0.2) is 8.83 Å². The number of rotatable bonds is 6. The van der Waals surface area contributed by atoms with Gasteiger partial charge in [0.05, 0.1) is 46.5 Å². The second kappa shape index (κ2) is 11.5. The first-order chi connectivity index (χ1) is 20.8. The quantitative estimate of drug-likeness (QED) is 0.196. The zero-order chi connectivity index (χ0) is 28.1. The minimum atomic E-state index is 0.807. The van der Waals surface area contributed by atoms with E-state index in [2.05, 4.69) is 121 Å². The Kier molecular flexibility index (Phi) is 6.94. The van der Waals surface area contributed by atoms with Gasteiger partial charge in [0.25, 0.3) is 0 Å². The third-order valence-corrected chi connectivity index (χ3v) is 7.37. The van der Waals surface area contributed by atoms with Crippen LogP contribution in [0.2, 0.25) is 0 Å². The molecule has 0 unspecified atom stereocenters. The second-order valence-corrected chi connectivity index (χ2v) is 10.2. The van der Waals surface area contributed by atoms with E-state index in [-0.39, 0.29) is 0 Å². The Balaban J connectivity index is 1.31. The van der Waals surface area contributed by atoms with E-state index in [1.165, 1.54) is 0 Å². The van der Waals surface area contributed by atoms with E-state index in [0.717, 1.165) is 67.5 Å². The summed E-state index contributed by atoms with van der Waals surface area (Å²) in [6, 6.07) is 58.2. The van der Waals surface area contributed by atoms with Gasteiger partial charge in [-0.2, -0.15) is 0 Å². The molecule has 0 saturated carbocycles. The fourth-order valence-corrected chi connectivity index (χ4v) is 5.17. The summed E-state index contributed by atoms with van der Waals surface area (Å²) in [5.41, 5.74) is 8.58. The molecule has 7 aromatic rings. The molecule has 0 saturated heterocycles. The van der Waals surface area contributed by atoms with Crippen LogP contribution in [0.5, 0.6) is 0 Å². The Labute approximate surface area is 245 Å². The average molecular weight is 541 g/mol. The van der Waals surface area contributed by atoms with Crippen LogP contribution in [0.4, 0.5) is 0 Å². The van der Waals surface area contributed by atoms with Crippen molar-refractivity contribution in [3.05, 3.63) is 170 Å². The lowest BCUT2D eigenvalue weighted by molar-refractivity contribution is 0.580. The van der Waals surface area contributed by atoms with Gasteiger partial charge in [0.2, 0.25) is 0 Å². The minimum absolute atomic E-state index is 0.807. The van der Waals surface area contributed by atoms with E-state index in [1.54, 1.807) is 0 Å². The van der Waals surface area contributed by atoms with E-state index >= 15 is 0 Å². The number of hydrogen-bond donors (Lipinski definition) is 0. The molecule has 7 rings (SSSR count). The Morgan fingerprint density at radius 3 is 0.738 bits per heavy atom. The Hall–Kier alpha value is -5.60. The normalized spacial score (nSPS) is 10.9. The van der Waals surface area contributed by atoms with Crippen molar-refractivity contribution in [1.29, 1.82) is 0 Å². The molecule has 0 aliphatic rings. The summed E-state index contributed by atoms with van der Waals surface area (Å²) in [7, 11) is 0. The van der Waals surface area contributed by atoms with E-state index in [0.29, 0.717) is 0 Å². The highest BCUT2D eigenvalue weighted by atomic mass is 16.3. The van der Waals surface area contributed by atoms with Crippen LogP contribution in [0.15, 0.2) is 179 Å². The molecule has 198 valence electrons. The lowest BCUT2D eigenvalue weighted by Crippen LogP contribution is -1.88. The van der Waals surface area contributed by atoms with Gasteiger partial charge in [0.15, 0.2) is 0 Å². The van der Waals surface area contributed by atoms with Crippen molar-refractivity contribution < 1.29 is 8.83 Å². The van der Waals surface area contributed by atoms with Gasteiger partial charge in [-0.15, -0.1) is 0 Å². The maximum absolute atomic E-state index is 6.49. The summed E-state index contributed by atoms with van der Waals surface area (Å²) in [6.07, 6.45) is 0. The van der Waals surface area contributed by atoms with Crippen LogP contribution in [0.25, 0.3) is 67.5 Å². The lowest BCUT2D eigenvalue weighted by atomic mass is 10.00. The molecule has 2 nitrogen and oxygen atoms in total. The summed E-state index contributed by atoms with van der Waals surface area (Å²) >= 11 is 0. The molecule has 0 spiro atoms.